The minimum atomic E-state index is -3.03. The van der Waals surface area contributed by atoms with Crippen LogP contribution < -0.4 is 10.1 Å². The molecule has 0 unspecified atom stereocenters. The summed E-state index contributed by atoms with van der Waals surface area (Å²) in [6.45, 7) is 1.96. The minimum Gasteiger partial charge on any atom is -0.485 e. The molecule has 3 aliphatic heterocycles. The first-order valence-corrected chi connectivity index (χ1v) is 9.97. The van der Waals surface area contributed by atoms with E-state index in [2.05, 4.69) is 10.4 Å². The summed E-state index contributed by atoms with van der Waals surface area (Å²) in [6, 6.07) is 7.41. The van der Waals surface area contributed by atoms with Gasteiger partial charge in [0.15, 0.2) is 14.9 Å². The molecule has 0 aromatic heterocycles. The SMILES string of the molecule is C[C@H]1Oc2ccccc2C=C1/C=N\N1C(=S)N[C@H]2CS(=O)(=O)C[C@@H]21. The number of hydrogen-bond donors (Lipinski definition) is 1. The first-order valence-electron chi connectivity index (χ1n) is 7.74. The van der Waals surface area contributed by atoms with Crippen LogP contribution in [-0.2, 0) is 9.84 Å². The predicted molar refractivity (Wildman–Crippen MR) is 96.8 cm³/mol. The summed E-state index contributed by atoms with van der Waals surface area (Å²) >= 11 is 5.28. The summed E-state index contributed by atoms with van der Waals surface area (Å²) in [5, 5.41) is 9.58. The Bertz CT molecular complexity index is 863. The third-order valence-corrected chi connectivity index (χ3v) is 6.52. The fraction of sp³-hybridized carbons (Fsp3) is 0.375. The van der Waals surface area contributed by atoms with Crippen molar-refractivity contribution in [3.8, 4) is 5.75 Å². The van der Waals surface area contributed by atoms with Crippen molar-refractivity contribution >= 4 is 39.5 Å². The maximum absolute atomic E-state index is 11.8. The molecule has 0 aliphatic carbocycles. The minimum absolute atomic E-state index is 0.0794. The van der Waals surface area contributed by atoms with Gasteiger partial charge in [-0.3, -0.25) is 0 Å². The third kappa shape index (κ3) is 2.69. The number of hydrogen-bond acceptors (Lipinski definition) is 5. The van der Waals surface area contributed by atoms with Crippen LogP contribution in [0.15, 0.2) is 34.9 Å². The number of thiocarbonyl (C=S) groups is 1. The van der Waals surface area contributed by atoms with Crippen molar-refractivity contribution in [3.05, 3.63) is 35.4 Å². The highest BCUT2D eigenvalue weighted by atomic mass is 32.2. The van der Waals surface area contributed by atoms with Gasteiger partial charge in [0.25, 0.3) is 0 Å². The summed E-state index contributed by atoms with van der Waals surface area (Å²) < 4.78 is 29.5. The van der Waals surface area contributed by atoms with Crippen molar-refractivity contribution in [1.82, 2.24) is 10.3 Å². The number of rotatable bonds is 2. The molecule has 3 atom stereocenters. The standard InChI is InChI=1S/C16H17N3O3S2/c1-10-12(6-11-4-2-3-5-15(11)22-10)7-17-19-14-9-24(20,21)8-13(14)18-16(19)23/h2-7,10,13-14H,8-9H2,1H3,(H,18,23)/b17-7-/t10-,13+,14+/m1/s1. The monoisotopic (exact) mass is 363 g/mol. The van der Waals surface area contributed by atoms with Crippen molar-refractivity contribution in [2.45, 2.75) is 25.1 Å². The Morgan fingerprint density at radius 1 is 1.38 bits per heavy atom. The van der Waals surface area contributed by atoms with Crippen LogP contribution in [0, 0.1) is 0 Å². The van der Waals surface area contributed by atoms with E-state index in [1.165, 1.54) is 0 Å². The van der Waals surface area contributed by atoms with Crippen molar-refractivity contribution in [2.75, 3.05) is 11.5 Å². The van der Waals surface area contributed by atoms with Gasteiger partial charge in [0, 0.05) is 11.1 Å². The lowest BCUT2D eigenvalue weighted by Gasteiger charge is -2.23. The molecular weight excluding hydrogens is 346 g/mol. The summed E-state index contributed by atoms with van der Waals surface area (Å²) in [5.74, 6) is 1.04. The Labute approximate surface area is 146 Å². The van der Waals surface area contributed by atoms with Crippen molar-refractivity contribution in [1.29, 1.82) is 0 Å². The number of sulfone groups is 1. The maximum atomic E-state index is 11.8. The summed E-state index contributed by atoms with van der Waals surface area (Å²) in [6.07, 6.45) is 3.61. The number of benzene rings is 1. The number of para-hydroxylation sites is 1. The molecule has 0 saturated carbocycles. The molecule has 4 rings (SSSR count). The molecule has 0 spiro atoms. The molecule has 3 aliphatic rings. The highest BCUT2D eigenvalue weighted by Gasteiger charge is 2.47. The van der Waals surface area contributed by atoms with E-state index in [-0.39, 0.29) is 29.7 Å². The van der Waals surface area contributed by atoms with E-state index < -0.39 is 9.84 Å². The highest BCUT2D eigenvalue weighted by molar-refractivity contribution is 7.91. The normalized spacial score (nSPS) is 30.5. The van der Waals surface area contributed by atoms with Crippen LogP contribution in [-0.4, -0.2) is 54.4 Å². The number of nitrogens with one attached hydrogen (secondary N) is 1. The lowest BCUT2D eigenvalue weighted by Crippen LogP contribution is -2.33. The Hall–Kier alpha value is -1.93. The second-order valence-electron chi connectivity index (χ2n) is 6.23. The van der Waals surface area contributed by atoms with Gasteiger partial charge in [0.05, 0.1) is 29.8 Å². The van der Waals surface area contributed by atoms with Crippen LogP contribution in [0.25, 0.3) is 6.08 Å². The second-order valence-corrected chi connectivity index (χ2v) is 8.77. The van der Waals surface area contributed by atoms with Crippen LogP contribution in [0.4, 0.5) is 0 Å². The first-order chi connectivity index (χ1) is 11.4. The Morgan fingerprint density at radius 2 is 2.17 bits per heavy atom. The van der Waals surface area contributed by atoms with Gasteiger partial charge in [-0.05, 0) is 31.3 Å². The van der Waals surface area contributed by atoms with Gasteiger partial charge >= 0.3 is 0 Å². The second kappa shape index (κ2) is 5.56. The van der Waals surface area contributed by atoms with E-state index in [1.54, 1.807) is 11.2 Å². The van der Waals surface area contributed by atoms with Gasteiger partial charge in [-0.25, -0.2) is 13.4 Å². The fourth-order valence-corrected chi connectivity index (χ4v) is 5.47. The molecule has 6 nitrogen and oxygen atoms in total. The molecule has 2 saturated heterocycles. The van der Waals surface area contributed by atoms with Crippen LogP contribution in [0.2, 0.25) is 0 Å². The molecule has 1 aromatic rings. The lowest BCUT2D eigenvalue weighted by molar-refractivity contribution is 0.260. The summed E-state index contributed by atoms with van der Waals surface area (Å²) in [5.41, 5.74) is 1.92. The number of nitrogens with zero attached hydrogens (tertiary/aromatic N) is 2. The number of hydrazone groups is 1. The molecule has 0 radical (unpaired) electrons. The Morgan fingerprint density at radius 3 is 3.00 bits per heavy atom. The fourth-order valence-electron chi connectivity index (χ4n) is 3.25. The predicted octanol–water partition coefficient (Wildman–Crippen LogP) is 1.19. The Balaban J connectivity index is 1.59. The van der Waals surface area contributed by atoms with Crippen LogP contribution in [0.5, 0.6) is 5.75 Å². The van der Waals surface area contributed by atoms with Gasteiger partial charge in [-0.15, -0.1) is 0 Å². The molecular formula is C16H17N3O3S2. The first kappa shape index (κ1) is 15.6. The zero-order valence-corrected chi connectivity index (χ0v) is 14.7. The van der Waals surface area contributed by atoms with Crippen molar-refractivity contribution < 1.29 is 13.2 Å². The molecule has 126 valence electrons. The van der Waals surface area contributed by atoms with Crippen molar-refractivity contribution in [3.63, 3.8) is 0 Å². The van der Waals surface area contributed by atoms with E-state index in [0.29, 0.717) is 5.11 Å². The lowest BCUT2D eigenvalue weighted by atomic mass is 10.0. The molecule has 0 amide bonds. The van der Waals surface area contributed by atoms with Gasteiger partial charge < -0.3 is 10.1 Å². The topological polar surface area (TPSA) is 71.0 Å². The maximum Gasteiger partial charge on any atom is 0.190 e. The van der Waals surface area contributed by atoms with Crippen LogP contribution >= 0.6 is 12.2 Å². The average molecular weight is 363 g/mol. The van der Waals surface area contributed by atoms with Gasteiger partial charge in [0.2, 0.25) is 0 Å². The Kier molecular flexibility index (Phi) is 3.61. The van der Waals surface area contributed by atoms with E-state index in [4.69, 9.17) is 17.0 Å². The van der Waals surface area contributed by atoms with Crippen LogP contribution in [0.1, 0.15) is 12.5 Å². The molecule has 2 fully saturated rings. The van der Waals surface area contributed by atoms with Gasteiger partial charge in [-0.2, -0.15) is 5.10 Å². The van der Waals surface area contributed by atoms with E-state index in [9.17, 15) is 8.42 Å². The molecule has 8 heteroatoms. The average Bonchev–Trinajstić information content (AvgIpc) is 2.96. The molecule has 24 heavy (non-hydrogen) atoms. The van der Waals surface area contributed by atoms with E-state index in [1.807, 2.05) is 37.3 Å². The zero-order chi connectivity index (χ0) is 16.9. The zero-order valence-electron chi connectivity index (χ0n) is 13.0. The molecule has 3 heterocycles. The quantitative estimate of drug-likeness (QED) is 0.629. The number of ether oxygens (including phenoxy) is 1. The molecule has 0 bridgehead atoms. The highest BCUT2D eigenvalue weighted by Crippen LogP contribution is 2.29. The van der Waals surface area contributed by atoms with Gasteiger partial charge in [0.1, 0.15) is 11.9 Å². The van der Waals surface area contributed by atoms with Crippen LogP contribution in [0.3, 0.4) is 0 Å². The molecule has 1 N–H and O–H groups in total. The van der Waals surface area contributed by atoms with E-state index in [0.717, 1.165) is 16.9 Å². The summed E-state index contributed by atoms with van der Waals surface area (Å²) in [7, 11) is -3.03. The summed E-state index contributed by atoms with van der Waals surface area (Å²) in [4.78, 5) is 0. The molecule has 1 aromatic carbocycles. The largest absolute Gasteiger partial charge is 0.485 e. The smallest absolute Gasteiger partial charge is 0.190 e. The third-order valence-electron chi connectivity index (χ3n) is 4.50. The van der Waals surface area contributed by atoms with Crippen molar-refractivity contribution in [2.24, 2.45) is 5.10 Å². The van der Waals surface area contributed by atoms with Gasteiger partial charge in [-0.1, -0.05) is 18.2 Å². The number of fused-ring (bicyclic) bond motifs is 2. The van der Waals surface area contributed by atoms with E-state index >= 15 is 0 Å².